The number of anilines is 1. The van der Waals surface area contributed by atoms with Gasteiger partial charge in [-0.3, -0.25) is 4.79 Å². The van der Waals surface area contributed by atoms with Crippen LogP contribution in [0.25, 0.3) is 11.7 Å². The molecular formula is C16H15N3O4. The van der Waals surface area contributed by atoms with Crippen molar-refractivity contribution in [3.05, 3.63) is 48.2 Å². The van der Waals surface area contributed by atoms with Crippen LogP contribution in [0.4, 0.5) is 5.69 Å². The minimum atomic E-state index is -0.209. The number of furan rings is 1. The Morgan fingerprint density at radius 1 is 1.35 bits per heavy atom. The zero-order valence-corrected chi connectivity index (χ0v) is 12.7. The number of ether oxygens (including phenoxy) is 1. The minimum absolute atomic E-state index is 0.0993. The Hall–Kier alpha value is -3.09. The van der Waals surface area contributed by atoms with Crippen molar-refractivity contribution in [2.75, 3.05) is 12.4 Å². The van der Waals surface area contributed by atoms with Crippen LogP contribution in [0.3, 0.4) is 0 Å². The average Bonchev–Trinajstić information content (AvgIpc) is 3.18. The molecule has 0 aliphatic rings. The fraction of sp³-hybridized carbons (Fsp3) is 0.188. The summed E-state index contributed by atoms with van der Waals surface area (Å²) in [4.78, 5) is 20.4. The number of hydrogen-bond donors (Lipinski definition) is 1. The summed E-state index contributed by atoms with van der Waals surface area (Å²) in [7, 11) is 1.53. The fourth-order valence-corrected chi connectivity index (χ4v) is 2.03. The smallest absolute Gasteiger partial charge is 0.263 e. The van der Waals surface area contributed by atoms with E-state index in [4.69, 9.17) is 13.6 Å². The number of carbonyl (C=O) groups excluding carboxylic acids is 1. The van der Waals surface area contributed by atoms with Crippen LogP contribution in [0, 0.1) is 6.92 Å². The van der Waals surface area contributed by atoms with E-state index in [9.17, 15) is 4.79 Å². The molecule has 0 aromatic carbocycles. The Morgan fingerprint density at radius 3 is 2.87 bits per heavy atom. The van der Waals surface area contributed by atoms with Crippen molar-refractivity contribution >= 4 is 11.6 Å². The quantitative estimate of drug-likeness (QED) is 0.779. The minimum Gasteiger partial charge on any atom is -0.481 e. The molecule has 1 amide bonds. The highest BCUT2D eigenvalue weighted by atomic mass is 16.5. The molecule has 0 bridgehead atoms. The van der Waals surface area contributed by atoms with E-state index >= 15 is 0 Å². The number of aryl methyl sites for hydroxylation is 1. The molecule has 118 valence electrons. The molecule has 0 unspecified atom stereocenters. The summed E-state index contributed by atoms with van der Waals surface area (Å²) in [6.07, 6.45) is 3.17. The number of carbonyl (C=O) groups is 1. The molecule has 7 heteroatoms. The fourth-order valence-electron chi connectivity index (χ4n) is 2.03. The SMILES string of the molecule is COc1ccc(NC(=O)Cc2nc(-c3ccco3)oc2C)cn1. The van der Waals surface area contributed by atoms with Gasteiger partial charge >= 0.3 is 0 Å². The highest BCUT2D eigenvalue weighted by Gasteiger charge is 2.16. The van der Waals surface area contributed by atoms with Crippen LogP contribution >= 0.6 is 0 Å². The lowest BCUT2D eigenvalue weighted by atomic mass is 10.2. The molecule has 0 atom stereocenters. The van der Waals surface area contributed by atoms with Crippen LogP contribution in [0.5, 0.6) is 5.88 Å². The van der Waals surface area contributed by atoms with Crippen molar-refractivity contribution in [2.24, 2.45) is 0 Å². The zero-order chi connectivity index (χ0) is 16.2. The number of amides is 1. The van der Waals surface area contributed by atoms with Crippen molar-refractivity contribution in [1.82, 2.24) is 9.97 Å². The zero-order valence-electron chi connectivity index (χ0n) is 12.7. The maximum absolute atomic E-state index is 12.1. The van der Waals surface area contributed by atoms with Gasteiger partial charge < -0.3 is 18.9 Å². The first-order chi connectivity index (χ1) is 11.2. The molecule has 7 nitrogen and oxygen atoms in total. The van der Waals surface area contributed by atoms with Crippen molar-refractivity contribution in [2.45, 2.75) is 13.3 Å². The van der Waals surface area contributed by atoms with Gasteiger partial charge in [0.2, 0.25) is 11.8 Å². The third kappa shape index (κ3) is 3.39. The molecule has 0 saturated carbocycles. The largest absolute Gasteiger partial charge is 0.481 e. The van der Waals surface area contributed by atoms with Gasteiger partial charge in [-0.15, -0.1) is 0 Å². The molecule has 0 saturated heterocycles. The van der Waals surface area contributed by atoms with Gasteiger partial charge in [-0.1, -0.05) is 0 Å². The Bertz CT molecular complexity index is 791. The summed E-state index contributed by atoms with van der Waals surface area (Å²) in [5.41, 5.74) is 1.15. The van der Waals surface area contributed by atoms with Crippen LogP contribution in [0.1, 0.15) is 11.5 Å². The van der Waals surface area contributed by atoms with Crippen LogP contribution in [0.15, 0.2) is 45.6 Å². The Kier molecular flexibility index (Phi) is 4.09. The van der Waals surface area contributed by atoms with Crippen LogP contribution < -0.4 is 10.1 Å². The Balaban J connectivity index is 1.67. The monoisotopic (exact) mass is 313 g/mol. The number of methoxy groups -OCH3 is 1. The third-order valence-electron chi connectivity index (χ3n) is 3.18. The summed E-state index contributed by atoms with van der Waals surface area (Å²) >= 11 is 0. The second-order valence-electron chi connectivity index (χ2n) is 4.81. The number of hydrogen-bond acceptors (Lipinski definition) is 6. The molecule has 3 aromatic rings. The van der Waals surface area contributed by atoms with Gasteiger partial charge in [0, 0.05) is 6.07 Å². The average molecular weight is 313 g/mol. The molecule has 0 spiro atoms. The predicted octanol–water partition coefficient (Wildman–Crippen LogP) is 2.83. The van der Waals surface area contributed by atoms with Crippen LogP contribution in [-0.4, -0.2) is 23.0 Å². The number of oxazole rings is 1. The second kappa shape index (κ2) is 6.35. The van der Waals surface area contributed by atoms with Gasteiger partial charge in [0.15, 0.2) is 5.76 Å². The Morgan fingerprint density at radius 2 is 2.22 bits per heavy atom. The van der Waals surface area contributed by atoms with Crippen molar-refractivity contribution in [3.63, 3.8) is 0 Å². The lowest BCUT2D eigenvalue weighted by molar-refractivity contribution is -0.115. The van der Waals surface area contributed by atoms with Gasteiger partial charge in [-0.2, -0.15) is 0 Å². The number of rotatable bonds is 5. The summed E-state index contributed by atoms with van der Waals surface area (Å²) in [6, 6.07) is 6.88. The normalized spacial score (nSPS) is 10.5. The number of pyridine rings is 1. The molecule has 3 aromatic heterocycles. The lowest BCUT2D eigenvalue weighted by Crippen LogP contribution is -2.15. The third-order valence-corrected chi connectivity index (χ3v) is 3.18. The van der Waals surface area contributed by atoms with Crippen molar-refractivity contribution < 1.29 is 18.4 Å². The standard InChI is InChI=1S/C16H15N3O4/c1-10-12(19-16(23-10)13-4-3-7-22-13)8-14(20)18-11-5-6-15(21-2)17-9-11/h3-7,9H,8H2,1-2H3,(H,18,20). The summed E-state index contributed by atoms with van der Waals surface area (Å²) in [5, 5.41) is 2.75. The summed E-state index contributed by atoms with van der Waals surface area (Å²) in [5.74, 6) is 1.75. The maximum atomic E-state index is 12.1. The highest BCUT2D eigenvalue weighted by Crippen LogP contribution is 2.22. The molecule has 3 rings (SSSR count). The first kappa shape index (κ1) is 14.8. The van der Waals surface area contributed by atoms with Gasteiger partial charge in [0.05, 0.1) is 37.4 Å². The second-order valence-corrected chi connectivity index (χ2v) is 4.81. The molecule has 1 N–H and O–H groups in total. The molecule has 0 aliphatic carbocycles. The summed E-state index contributed by atoms with van der Waals surface area (Å²) in [6.45, 7) is 1.76. The first-order valence-corrected chi connectivity index (χ1v) is 6.96. The highest BCUT2D eigenvalue weighted by molar-refractivity contribution is 5.92. The topological polar surface area (TPSA) is 90.4 Å². The van der Waals surface area contributed by atoms with Crippen molar-refractivity contribution in [1.29, 1.82) is 0 Å². The van der Waals surface area contributed by atoms with E-state index in [1.54, 1.807) is 31.2 Å². The van der Waals surface area contributed by atoms with Gasteiger partial charge in [-0.25, -0.2) is 9.97 Å². The van der Waals surface area contributed by atoms with E-state index in [0.717, 1.165) is 0 Å². The number of aromatic nitrogens is 2. The van der Waals surface area contributed by atoms with Gasteiger partial charge in [0.25, 0.3) is 5.89 Å². The molecule has 0 aliphatic heterocycles. The number of nitrogens with one attached hydrogen (secondary N) is 1. The molecule has 0 fully saturated rings. The van der Waals surface area contributed by atoms with E-state index < -0.39 is 0 Å². The van der Waals surface area contributed by atoms with Gasteiger partial charge in [0.1, 0.15) is 5.76 Å². The first-order valence-electron chi connectivity index (χ1n) is 6.96. The van der Waals surface area contributed by atoms with E-state index in [0.29, 0.717) is 34.7 Å². The van der Waals surface area contributed by atoms with Crippen molar-refractivity contribution in [3.8, 4) is 17.5 Å². The molecule has 23 heavy (non-hydrogen) atoms. The predicted molar refractivity (Wildman–Crippen MR) is 82.1 cm³/mol. The number of nitrogens with zero attached hydrogens (tertiary/aromatic N) is 2. The summed E-state index contributed by atoms with van der Waals surface area (Å²) < 4.78 is 15.7. The van der Waals surface area contributed by atoms with Crippen LogP contribution in [0.2, 0.25) is 0 Å². The van der Waals surface area contributed by atoms with Crippen LogP contribution in [-0.2, 0) is 11.2 Å². The van der Waals surface area contributed by atoms with E-state index in [1.807, 2.05) is 0 Å². The lowest BCUT2D eigenvalue weighted by Gasteiger charge is -2.04. The molecule has 3 heterocycles. The van der Waals surface area contributed by atoms with E-state index in [-0.39, 0.29) is 12.3 Å². The molecule has 0 radical (unpaired) electrons. The molecular weight excluding hydrogens is 298 g/mol. The maximum Gasteiger partial charge on any atom is 0.263 e. The van der Waals surface area contributed by atoms with Gasteiger partial charge in [-0.05, 0) is 25.1 Å². The van der Waals surface area contributed by atoms with E-state index in [2.05, 4.69) is 15.3 Å². The van der Waals surface area contributed by atoms with E-state index in [1.165, 1.54) is 19.6 Å². The Labute approximate surface area is 132 Å².